The Morgan fingerprint density at radius 3 is 3.00 bits per heavy atom. The first-order chi connectivity index (χ1) is 6.81. The van der Waals surface area contributed by atoms with Gasteiger partial charge in [0, 0.05) is 11.4 Å². The molecule has 0 radical (unpaired) electrons. The third kappa shape index (κ3) is 2.67. The number of aromatic nitrogens is 2. The van der Waals surface area contributed by atoms with Gasteiger partial charge in [-0.05, 0) is 6.92 Å². The van der Waals surface area contributed by atoms with E-state index in [1.165, 1.54) is 6.33 Å². The van der Waals surface area contributed by atoms with Crippen LogP contribution >= 0.6 is 15.9 Å². The normalized spacial score (nSPS) is 11.8. The second-order valence-electron chi connectivity index (χ2n) is 2.55. The lowest BCUT2D eigenvalue weighted by atomic mass is 10.1. The Morgan fingerprint density at radius 1 is 1.64 bits per heavy atom. The quantitative estimate of drug-likeness (QED) is 0.771. The van der Waals surface area contributed by atoms with E-state index in [4.69, 9.17) is 10.00 Å². The van der Waals surface area contributed by atoms with Gasteiger partial charge in [0.2, 0.25) is 5.88 Å². The van der Waals surface area contributed by atoms with Crippen LogP contribution in [0.15, 0.2) is 12.4 Å². The monoisotopic (exact) mass is 255 g/mol. The Morgan fingerprint density at radius 2 is 2.43 bits per heavy atom. The van der Waals surface area contributed by atoms with Crippen LogP contribution in [0, 0.1) is 11.3 Å². The molecular weight excluding hydrogens is 246 g/mol. The minimum absolute atomic E-state index is 0.253. The third-order valence-electron chi connectivity index (χ3n) is 1.62. The van der Waals surface area contributed by atoms with Gasteiger partial charge in [-0.2, -0.15) is 5.26 Å². The number of ether oxygens (including phenoxy) is 1. The second kappa shape index (κ2) is 5.55. The van der Waals surface area contributed by atoms with E-state index in [2.05, 4.69) is 32.0 Å². The molecule has 14 heavy (non-hydrogen) atoms. The van der Waals surface area contributed by atoms with Crippen molar-refractivity contribution >= 4 is 15.9 Å². The average Bonchev–Trinajstić information content (AvgIpc) is 2.21. The molecule has 0 aromatic carbocycles. The van der Waals surface area contributed by atoms with Crippen molar-refractivity contribution in [2.45, 2.75) is 12.8 Å². The van der Waals surface area contributed by atoms with Gasteiger partial charge in [-0.25, -0.2) is 9.97 Å². The number of nitrogens with zero attached hydrogens (tertiary/aromatic N) is 3. The van der Waals surface area contributed by atoms with Crippen molar-refractivity contribution in [1.82, 2.24) is 9.97 Å². The summed E-state index contributed by atoms with van der Waals surface area (Å²) < 4.78 is 5.21. The molecule has 4 nitrogen and oxygen atoms in total. The molecule has 0 saturated carbocycles. The topological polar surface area (TPSA) is 58.8 Å². The van der Waals surface area contributed by atoms with E-state index in [0.717, 1.165) is 0 Å². The number of hydrogen-bond acceptors (Lipinski definition) is 4. The van der Waals surface area contributed by atoms with Crippen molar-refractivity contribution < 1.29 is 4.74 Å². The highest BCUT2D eigenvalue weighted by Crippen LogP contribution is 2.17. The van der Waals surface area contributed by atoms with Gasteiger partial charge < -0.3 is 4.74 Å². The minimum atomic E-state index is -0.253. The van der Waals surface area contributed by atoms with Crippen LogP contribution < -0.4 is 4.74 Å². The molecule has 0 amide bonds. The van der Waals surface area contributed by atoms with Crippen molar-refractivity contribution in [2.24, 2.45) is 0 Å². The lowest BCUT2D eigenvalue weighted by Crippen LogP contribution is -2.02. The Bertz CT molecular complexity index is 337. The van der Waals surface area contributed by atoms with Gasteiger partial charge in [0.1, 0.15) is 6.33 Å². The number of hydrogen-bond donors (Lipinski definition) is 0. The zero-order valence-corrected chi connectivity index (χ0v) is 9.36. The first-order valence-electron chi connectivity index (χ1n) is 4.22. The molecular formula is C9H10BrN3O. The zero-order valence-electron chi connectivity index (χ0n) is 7.77. The van der Waals surface area contributed by atoms with Crippen molar-refractivity contribution in [2.75, 3.05) is 11.9 Å². The molecule has 0 saturated heterocycles. The van der Waals surface area contributed by atoms with Crippen molar-refractivity contribution in [3.63, 3.8) is 0 Å². The van der Waals surface area contributed by atoms with Gasteiger partial charge in [0.25, 0.3) is 0 Å². The van der Waals surface area contributed by atoms with Crippen LogP contribution in [0.5, 0.6) is 5.88 Å². The lowest BCUT2D eigenvalue weighted by molar-refractivity contribution is 0.325. The summed E-state index contributed by atoms with van der Waals surface area (Å²) in [6.45, 7) is 2.44. The predicted octanol–water partition coefficient (Wildman–Crippen LogP) is 1.88. The molecule has 0 N–H and O–H groups in total. The van der Waals surface area contributed by atoms with Gasteiger partial charge in [-0.1, -0.05) is 15.9 Å². The van der Waals surface area contributed by atoms with E-state index in [-0.39, 0.29) is 5.92 Å². The Hall–Kier alpha value is -1.15. The molecule has 1 unspecified atom stereocenters. The highest BCUT2D eigenvalue weighted by Gasteiger charge is 2.11. The number of halogens is 1. The summed E-state index contributed by atoms with van der Waals surface area (Å²) in [6, 6.07) is 3.84. The van der Waals surface area contributed by atoms with Gasteiger partial charge in [-0.3, -0.25) is 0 Å². The Labute approximate surface area is 91.1 Å². The van der Waals surface area contributed by atoms with Gasteiger partial charge in [0.05, 0.1) is 24.3 Å². The van der Waals surface area contributed by atoms with E-state index in [9.17, 15) is 0 Å². The maximum Gasteiger partial charge on any atom is 0.216 e. The fourth-order valence-electron chi connectivity index (χ4n) is 0.951. The van der Waals surface area contributed by atoms with Crippen LogP contribution in [0.1, 0.15) is 18.5 Å². The van der Waals surface area contributed by atoms with Crippen LogP contribution in [0.2, 0.25) is 0 Å². The Balaban J connectivity index is 2.88. The number of alkyl halides is 1. The van der Waals surface area contributed by atoms with Crippen LogP contribution in [-0.2, 0) is 0 Å². The molecule has 1 atom stereocenters. The second-order valence-corrected chi connectivity index (χ2v) is 3.20. The van der Waals surface area contributed by atoms with Crippen LogP contribution in [0.4, 0.5) is 0 Å². The standard InChI is InChI=1S/C9H10BrN3O/c1-2-14-9-3-8(12-6-13-9)7(4-10)5-11/h3,6-7H,2,4H2,1H3. The smallest absolute Gasteiger partial charge is 0.216 e. The van der Waals surface area contributed by atoms with Crippen molar-refractivity contribution in [3.8, 4) is 11.9 Å². The first-order valence-corrected chi connectivity index (χ1v) is 5.34. The molecule has 5 heteroatoms. The molecule has 0 aliphatic heterocycles. The maximum absolute atomic E-state index is 8.82. The van der Waals surface area contributed by atoms with Crippen LogP contribution in [-0.4, -0.2) is 21.9 Å². The molecule has 1 aromatic heterocycles. The van der Waals surface area contributed by atoms with E-state index in [1.54, 1.807) is 6.07 Å². The highest BCUT2D eigenvalue weighted by atomic mass is 79.9. The molecule has 1 aromatic rings. The zero-order chi connectivity index (χ0) is 10.4. The van der Waals surface area contributed by atoms with Crippen LogP contribution in [0.3, 0.4) is 0 Å². The van der Waals surface area contributed by atoms with E-state index in [0.29, 0.717) is 23.5 Å². The molecule has 1 heterocycles. The summed E-state index contributed by atoms with van der Waals surface area (Å²) in [7, 11) is 0. The van der Waals surface area contributed by atoms with Gasteiger partial charge in [0.15, 0.2) is 0 Å². The highest BCUT2D eigenvalue weighted by molar-refractivity contribution is 9.09. The average molecular weight is 256 g/mol. The molecule has 0 aliphatic rings. The minimum Gasteiger partial charge on any atom is -0.478 e. The van der Waals surface area contributed by atoms with Gasteiger partial charge >= 0.3 is 0 Å². The molecule has 0 fully saturated rings. The number of rotatable bonds is 4. The summed E-state index contributed by atoms with van der Waals surface area (Å²) in [5, 5.41) is 9.38. The summed E-state index contributed by atoms with van der Waals surface area (Å²) in [6.07, 6.45) is 1.41. The predicted molar refractivity (Wildman–Crippen MR) is 55.3 cm³/mol. The summed E-state index contributed by atoms with van der Waals surface area (Å²) in [5.41, 5.74) is 0.683. The third-order valence-corrected chi connectivity index (χ3v) is 2.27. The first kappa shape index (κ1) is 10.9. The van der Waals surface area contributed by atoms with Gasteiger partial charge in [-0.15, -0.1) is 0 Å². The maximum atomic E-state index is 8.82. The van der Waals surface area contributed by atoms with E-state index < -0.39 is 0 Å². The summed E-state index contributed by atoms with van der Waals surface area (Å²) in [5.74, 6) is 0.260. The van der Waals surface area contributed by atoms with Crippen LogP contribution in [0.25, 0.3) is 0 Å². The fraction of sp³-hybridized carbons (Fsp3) is 0.444. The molecule has 0 bridgehead atoms. The number of nitriles is 1. The molecule has 1 rings (SSSR count). The van der Waals surface area contributed by atoms with Crippen molar-refractivity contribution in [3.05, 3.63) is 18.1 Å². The lowest BCUT2D eigenvalue weighted by Gasteiger charge is -2.06. The Kier molecular flexibility index (Phi) is 4.33. The largest absolute Gasteiger partial charge is 0.478 e. The summed E-state index contributed by atoms with van der Waals surface area (Å²) in [4.78, 5) is 7.94. The SMILES string of the molecule is CCOc1cc(C(C#N)CBr)ncn1. The molecule has 0 aliphatic carbocycles. The molecule has 74 valence electrons. The van der Waals surface area contributed by atoms with E-state index in [1.807, 2.05) is 6.92 Å². The summed E-state index contributed by atoms with van der Waals surface area (Å²) >= 11 is 3.25. The van der Waals surface area contributed by atoms with E-state index >= 15 is 0 Å². The molecule has 0 spiro atoms. The fourth-order valence-corrected chi connectivity index (χ4v) is 1.43. The van der Waals surface area contributed by atoms with Crippen molar-refractivity contribution in [1.29, 1.82) is 5.26 Å².